The molecule has 59 heavy (non-hydrogen) atoms. The number of phenolic OH excluding ortho intramolecular Hbond substituents is 1. The number of carbonyl (C=O) groups excluding carboxylic acids is 7. The normalized spacial score (nSPS) is 14.6. The van der Waals surface area contributed by atoms with E-state index in [-0.39, 0.29) is 37.4 Å². The molecule has 324 valence electrons. The van der Waals surface area contributed by atoms with Crippen LogP contribution in [-0.4, -0.2) is 124 Å². The predicted molar refractivity (Wildman–Crippen MR) is 218 cm³/mol. The number of hydrogen-bond acceptors (Lipinski definition) is 12. The molecule has 7 atom stereocenters. The lowest BCUT2D eigenvalue weighted by Gasteiger charge is -2.27. The van der Waals surface area contributed by atoms with Crippen LogP contribution in [0, 0.1) is 5.92 Å². The fourth-order valence-electron chi connectivity index (χ4n) is 5.61. The number of nitrogens with two attached hydrogens (primary N) is 2. The molecule has 2 rings (SSSR count). The third kappa shape index (κ3) is 17.7. The molecule has 0 saturated heterocycles. The SMILES string of the molecule is CSCC[C@H](NC(=O)[C@H](CC(C)C)NC(=O)[C@H](CO)NC(=O)[C@H](Cc1ccccc1)NC(=O)[C@@H](C)NC(=O)[C@@H](N)Cc1ccc(O)cc1)C(=O)N[C@@H](CC(=O)O)C(N)=O. The average molecular weight is 845 g/mol. The van der Waals surface area contributed by atoms with Gasteiger partial charge in [0.1, 0.15) is 42.0 Å². The Morgan fingerprint density at radius 3 is 1.71 bits per heavy atom. The van der Waals surface area contributed by atoms with E-state index in [4.69, 9.17) is 16.6 Å². The van der Waals surface area contributed by atoms with Crippen LogP contribution in [0.15, 0.2) is 54.6 Å². The van der Waals surface area contributed by atoms with Crippen molar-refractivity contribution in [2.45, 2.75) is 95.2 Å². The molecular weight excluding hydrogens is 789 g/mol. The smallest absolute Gasteiger partial charge is 0.305 e. The number of aliphatic hydroxyl groups excluding tert-OH is 1. The number of thioether (sulfide) groups is 1. The van der Waals surface area contributed by atoms with Gasteiger partial charge in [0, 0.05) is 6.42 Å². The van der Waals surface area contributed by atoms with Gasteiger partial charge in [0.05, 0.1) is 19.1 Å². The molecule has 2 aromatic carbocycles. The van der Waals surface area contributed by atoms with E-state index in [0.29, 0.717) is 16.9 Å². The largest absolute Gasteiger partial charge is 0.508 e. The van der Waals surface area contributed by atoms with Gasteiger partial charge in [0.15, 0.2) is 0 Å². The van der Waals surface area contributed by atoms with Crippen LogP contribution in [0.3, 0.4) is 0 Å². The number of amides is 7. The first-order chi connectivity index (χ1) is 27.8. The van der Waals surface area contributed by atoms with Gasteiger partial charge in [0.2, 0.25) is 41.4 Å². The summed E-state index contributed by atoms with van der Waals surface area (Å²) < 4.78 is 0. The lowest BCUT2D eigenvalue weighted by molar-refractivity contribution is -0.140. The number of hydrogen-bond donors (Lipinski definition) is 11. The summed E-state index contributed by atoms with van der Waals surface area (Å²) in [6.45, 7) is 4.01. The topological polar surface area (TPSA) is 321 Å². The van der Waals surface area contributed by atoms with Crippen molar-refractivity contribution in [1.82, 2.24) is 31.9 Å². The summed E-state index contributed by atoms with van der Waals surface area (Å²) in [5.41, 5.74) is 12.6. The Hall–Kier alpha value is -5.73. The molecule has 13 N–H and O–H groups in total. The molecule has 2 aromatic rings. The molecule has 0 saturated carbocycles. The van der Waals surface area contributed by atoms with Gasteiger partial charge >= 0.3 is 5.97 Å². The summed E-state index contributed by atoms with van der Waals surface area (Å²) >= 11 is 1.35. The Balaban J connectivity index is 2.21. The van der Waals surface area contributed by atoms with E-state index in [1.54, 1.807) is 62.6 Å². The minimum absolute atomic E-state index is 0.0459. The molecule has 7 amide bonds. The number of rotatable bonds is 25. The van der Waals surface area contributed by atoms with Crippen LogP contribution >= 0.6 is 11.8 Å². The number of carboxylic acids is 1. The number of benzene rings is 2. The van der Waals surface area contributed by atoms with Crippen molar-refractivity contribution in [3.8, 4) is 5.75 Å². The van der Waals surface area contributed by atoms with Gasteiger partial charge in [0.25, 0.3) is 0 Å². The van der Waals surface area contributed by atoms with E-state index >= 15 is 0 Å². The fraction of sp³-hybridized carbons (Fsp3) is 0.487. The number of carboxylic acid groups (broad SMARTS) is 1. The maximum absolute atomic E-state index is 13.7. The standard InChI is InChI=1S/C39H56N8O11S/c1-21(2)16-29(37(56)43-27(14-15-59-4)36(55)44-28(33(41)52)19-32(50)51)46-39(58)31(20-48)47-38(57)30(18-23-8-6-5-7-9-23)45-34(53)22(3)42-35(54)26(40)17-24-10-12-25(49)13-11-24/h5-13,21-22,26-31,48-49H,14-20,40H2,1-4H3,(H2,41,52)(H,42,54)(H,43,56)(H,44,55)(H,45,53)(H,46,58)(H,47,57)(H,50,51)/t22-,26+,27+,28+,29+,30+,31+/m1/s1. The van der Waals surface area contributed by atoms with Crippen molar-refractivity contribution in [2.24, 2.45) is 17.4 Å². The molecule has 0 heterocycles. The predicted octanol–water partition coefficient (Wildman–Crippen LogP) is -1.82. The van der Waals surface area contributed by atoms with Crippen LogP contribution in [0.1, 0.15) is 51.2 Å². The van der Waals surface area contributed by atoms with Crippen LogP contribution in [0.5, 0.6) is 5.75 Å². The Bertz CT molecular complexity index is 1750. The first-order valence-electron chi connectivity index (χ1n) is 18.9. The molecule has 0 fully saturated rings. The quantitative estimate of drug-likeness (QED) is 0.0526. The van der Waals surface area contributed by atoms with Crippen molar-refractivity contribution in [2.75, 3.05) is 18.6 Å². The highest BCUT2D eigenvalue weighted by molar-refractivity contribution is 7.98. The molecule has 20 heteroatoms. The molecule has 0 aliphatic rings. The van der Waals surface area contributed by atoms with E-state index in [2.05, 4.69) is 31.9 Å². The van der Waals surface area contributed by atoms with Gasteiger partial charge in [-0.3, -0.25) is 38.4 Å². The minimum atomic E-state index is -1.61. The van der Waals surface area contributed by atoms with E-state index in [1.807, 2.05) is 0 Å². The van der Waals surface area contributed by atoms with Crippen molar-refractivity contribution in [3.63, 3.8) is 0 Å². The number of carbonyl (C=O) groups is 8. The molecule has 19 nitrogen and oxygen atoms in total. The van der Waals surface area contributed by atoms with Gasteiger partial charge < -0.3 is 58.7 Å². The Morgan fingerprint density at radius 1 is 0.644 bits per heavy atom. The maximum atomic E-state index is 13.7. The number of nitrogens with one attached hydrogen (secondary N) is 6. The van der Waals surface area contributed by atoms with Crippen molar-refractivity contribution >= 4 is 59.1 Å². The molecule has 0 aliphatic carbocycles. The van der Waals surface area contributed by atoms with Gasteiger partial charge in [-0.2, -0.15) is 11.8 Å². The maximum Gasteiger partial charge on any atom is 0.305 e. The second-order valence-electron chi connectivity index (χ2n) is 14.3. The third-order valence-corrected chi connectivity index (χ3v) is 9.48. The molecule has 0 radical (unpaired) electrons. The van der Waals surface area contributed by atoms with E-state index < -0.39 is 103 Å². The first-order valence-corrected chi connectivity index (χ1v) is 20.2. The Labute approximate surface area is 346 Å². The Morgan fingerprint density at radius 2 is 1.15 bits per heavy atom. The molecule has 0 aromatic heterocycles. The summed E-state index contributed by atoms with van der Waals surface area (Å²) in [6.07, 6.45) is 1.15. The third-order valence-electron chi connectivity index (χ3n) is 8.83. The summed E-state index contributed by atoms with van der Waals surface area (Å²) in [6, 6.07) is 5.49. The van der Waals surface area contributed by atoms with Gasteiger partial charge in [-0.15, -0.1) is 0 Å². The summed E-state index contributed by atoms with van der Waals surface area (Å²) in [7, 11) is 0. The summed E-state index contributed by atoms with van der Waals surface area (Å²) in [5, 5.41) is 43.7. The zero-order valence-corrected chi connectivity index (χ0v) is 34.3. The second kappa shape index (κ2) is 24.9. The minimum Gasteiger partial charge on any atom is -0.508 e. The highest BCUT2D eigenvalue weighted by Crippen LogP contribution is 2.12. The van der Waals surface area contributed by atoms with E-state index in [1.165, 1.54) is 30.8 Å². The summed E-state index contributed by atoms with van der Waals surface area (Å²) in [5.74, 6) is -7.16. The number of primary amides is 1. The number of aromatic hydroxyl groups is 1. The van der Waals surface area contributed by atoms with Gasteiger partial charge in [-0.05, 0) is 67.4 Å². The van der Waals surface area contributed by atoms with Gasteiger partial charge in [-0.25, -0.2) is 0 Å². The second-order valence-corrected chi connectivity index (χ2v) is 15.3. The lowest BCUT2D eigenvalue weighted by Crippen LogP contribution is -2.60. The van der Waals surface area contributed by atoms with Crippen molar-refractivity contribution in [3.05, 3.63) is 65.7 Å². The highest BCUT2D eigenvalue weighted by atomic mass is 32.2. The zero-order valence-electron chi connectivity index (χ0n) is 33.4. The average Bonchev–Trinajstić information content (AvgIpc) is 3.18. The molecule has 0 bridgehead atoms. The lowest BCUT2D eigenvalue weighted by atomic mass is 10.0. The van der Waals surface area contributed by atoms with Crippen LogP contribution in [0.2, 0.25) is 0 Å². The van der Waals surface area contributed by atoms with Gasteiger partial charge in [-0.1, -0.05) is 56.3 Å². The molecule has 0 spiro atoms. The molecule has 0 aliphatic heterocycles. The number of phenols is 1. The van der Waals surface area contributed by atoms with Crippen molar-refractivity contribution in [1.29, 1.82) is 0 Å². The van der Waals surface area contributed by atoms with Crippen LogP contribution in [-0.2, 0) is 51.2 Å². The Kier molecular flexibility index (Phi) is 20.9. The summed E-state index contributed by atoms with van der Waals surface area (Å²) in [4.78, 5) is 103. The first kappa shape index (κ1) is 49.4. The van der Waals surface area contributed by atoms with E-state index in [0.717, 1.165) is 0 Å². The molecule has 0 unspecified atom stereocenters. The number of aliphatic carboxylic acids is 1. The van der Waals surface area contributed by atoms with Crippen LogP contribution < -0.4 is 43.4 Å². The van der Waals surface area contributed by atoms with Crippen LogP contribution in [0.4, 0.5) is 0 Å². The number of aliphatic hydroxyl groups is 1. The fourth-order valence-corrected chi connectivity index (χ4v) is 6.08. The molecular formula is C39H56N8O11S. The van der Waals surface area contributed by atoms with E-state index in [9.17, 15) is 48.6 Å². The van der Waals surface area contributed by atoms with Crippen molar-refractivity contribution < 1.29 is 53.7 Å². The monoisotopic (exact) mass is 844 g/mol. The highest BCUT2D eigenvalue weighted by Gasteiger charge is 2.33. The van der Waals surface area contributed by atoms with Crippen LogP contribution in [0.25, 0.3) is 0 Å². The zero-order chi connectivity index (χ0) is 44.2.